The molecule has 0 N–H and O–H groups in total. The molecule has 0 amide bonds. The van der Waals surface area contributed by atoms with Crippen LogP contribution in [0.4, 0.5) is 5.13 Å². The zero-order chi connectivity index (χ0) is 15.5. The standard InChI is InChI=1S/C14H19N5O2S/c1-9(2)12-17-14(22-18-12)19-5-4-10(8-19)21-13-15-6-11(20-3)7-16-13/h6-7,9-10H,4-5,8H2,1-3H3. The molecule has 2 aromatic heterocycles. The van der Waals surface area contributed by atoms with Gasteiger partial charge in [-0.05, 0) is 0 Å². The van der Waals surface area contributed by atoms with Crippen molar-refractivity contribution in [1.82, 2.24) is 19.3 Å². The molecular formula is C14H19N5O2S. The Labute approximate surface area is 133 Å². The highest BCUT2D eigenvalue weighted by atomic mass is 32.1. The summed E-state index contributed by atoms with van der Waals surface area (Å²) in [4.78, 5) is 15.1. The molecule has 1 aliphatic heterocycles. The predicted molar refractivity (Wildman–Crippen MR) is 83.8 cm³/mol. The summed E-state index contributed by atoms with van der Waals surface area (Å²) in [5, 5.41) is 0.963. The highest BCUT2D eigenvalue weighted by Crippen LogP contribution is 2.26. The van der Waals surface area contributed by atoms with Crippen LogP contribution in [0.15, 0.2) is 12.4 Å². The molecule has 7 nitrogen and oxygen atoms in total. The van der Waals surface area contributed by atoms with Gasteiger partial charge >= 0.3 is 6.01 Å². The molecule has 3 rings (SSSR count). The monoisotopic (exact) mass is 321 g/mol. The van der Waals surface area contributed by atoms with Crippen LogP contribution in [0.25, 0.3) is 0 Å². The van der Waals surface area contributed by atoms with Gasteiger partial charge in [-0.3, -0.25) is 0 Å². The van der Waals surface area contributed by atoms with Crippen molar-refractivity contribution in [2.24, 2.45) is 0 Å². The first-order chi connectivity index (χ1) is 10.7. The fourth-order valence-electron chi connectivity index (χ4n) is 2.21. The number of anilines is 1. The minimum Gasteiger partial charge on any atom is -0.494 e. The third-order valence-electron chi connectivity index (χ3n) is 3.48. The van der Waals surface area contributed by atoms with E-state index in [1.165, 1.54) is 11.5 Å². The number of methoxy groups -OCH3 is 1. The first-order valence-electron chi connectivity index (χ1n) is 7.27. The van der Waals surface area contributed by atoms with Crippen LogP contribution in [0.3, 0.4) is 0 Å². The average Bonchev–Trinajstić information content (AvgIpc) is 3.16. The molecule has 1 aliphatic rings. The Morgan fingerprint density at radius 2 is 2.09 bits per heavy atom. The van der Waals surface area contributed by atoms with Gasteiger partial charge in [0.15, 0.2) is 5.75 Å². The van der Waals surface area contributed by atoms with Crippen molar-refractivity contribution in [1.29, 1.82) is 0 Å². The summed E-state index contributed by atoms with van der Waals surface area (Å²) in [7, 11) is 1.58. The summed E-state index contributed by atoms with van der Waals surface area (Å²) in [6.07, 6.45) is 4.20. The molecule has 1 atom stereocenters. The molecule has 0 aromatic carbocycles. The third-order valence-corrected chi connectivity index (χ3v) is 4.27. The van der Waals surface area contributed by atoms with E-state index in [1.807, 2.05) is 0 Å². The van der Waals surface area contributed by atoms with Crippen LogP contribution >= 0.6 is 11.5 Å². The molecule has 0 spiro atoms. The number of hydrogen-bond donors (Lipinski definition) is 0. The molecule has 1 fully saturated rings. The quantitative estimate of drug-likeness (QED) is 0.835. The molecule has 1 saturated heterocycles. The van der Waals surface area contributed by atoms with Gasteiger partial charge in [0, 0.05) is 30.4 Å². The lowest BCUT2D eigenvalue weighted by molar-refractivity contribution is 0.205. The number of rotatable bonds is 5. The molecule has 22 heavy (non-hydrogen) atoms. The van der Waals surface area contributed by atoms with Crippen molar-refractivity contribution >= 4 is 16.7 Å². The summed E-state index contributed by atoms with van der Waals surface area (Å²) >= 11 is 1.45. The van der Waals surface area contributed by atoms with Gasteiger partial charge < -0.3 is 14.4 Å². The van der Waals surface area contributed by atoms with Crippen LogP contribution in [0.2, 0.25) is 0 Å². The van der Waals surface area contributed by atoms with Gasteiger partial charge in [-0.25, -0.2) is 4.98 Å². The second-order valence-corrected chi connectivity index (χ2v) is 6.20. The summed E-state index contributed by atoms with van der Waals surface area (Å²) in [5.74, 6) is 1.88. The lowest BCUT2D eigenvalue weighted by atomic mass is 10.2. The number of aromatic nitrogens is 4. The van der Waals surface area contributed by atoms with E-state index in [0.29, 0.717) is 17.7 Å². The molecule has 118 valence electrons. The molecule has 1 unspecified atom stereocenters. The molecule has 0 radical (unpaired) electrons. The zero-order valence-electron chi connectivity index (χ0n) is 12.9. The van der Waals surface area contributed by atoms with Crippen molar-refractivity contribution in [3.05, 3.63) is 18.2 Å². The Morgan fingerprint density at radius 3 is 2.73 bits per heavy atom. The fraction of sp³-hybridized carbons (Fsp3) is 0.571. The van der Waals surface area contributed by atoms with Gasteiger partial charge in [-0.15, -0.1) is 0 Å². The lowest BCUT2D eigenvalue weighted by Gasteiger charge is -2.14. The van der Waals surface area contributed by atoms with Crippen molar-refractivity contribution in [3.63, 3.8) is 0 Å². The second-order valence-electron chi connectivity index (χ2n) is 5.47. The van der Waals surface area contributed by atoms with Gasteiger partial charge in [0.1, 0.15) is 11.9 Å². The fourth-order valence-corrected chi connectivity index (χ4v) is 3.05. The number of nitrogens with zero attached hydrogens (tertiary/aromatic N) is 5. The van der Waals surface area contributed by atoms with E-state index < -0.39 is 0 Å². The van der Waals surface area contributed by atoms with Gasteiger partial charge in [-0.1, -0.05) is 13.8 Å². The van der Waals surface area contributed by atoms with Crippen LogP contribution in [0.1, 0.15) is 32.0 Å². The number of hydrogen-bond acceptors (Lipinski definition) is 8. The highest BCUT2D eigenvalue weighted by molar-refractivity contribution is 7.09. The van der Waals surface area contributed by atoms with Crippen molar-refractivity contribution in [2.75, 3.05) is 25.1 Å². The largest absolute Gasteiger partial charge is 0.494 e. The highest BCUT2D eigenvalue weighted by Gasteiger charge is 2.27. The molecular weight excluding hydrogens is 302 g/mol. The van der Waals surface area contributed by atoms with E-state index in [-0.39, 0.29) is 6.10 Å². The first-order valence-corrected chi connectivity index (χ1v) is 8.04. The van der Waals surface area contributed by atoms with E-state index in [0.717, 1.165) is 30.5 Å². The van der Waals surface area contributed by atoms with E-state index in [1.54, 1.807) is 19.5 Å². The molecule has 3 heterocycles. The Balaban J connectivity index is 1.59. The lowest BCUT2D eigenvalue weighted by Crippen LogP contribution is -2.25. The van der Waals surface area contributed by atoms with Crippen molar-refractivity contribution < 1.29 is 9.47 Å². The SMILES string of the molecule is COc1cnc(OC2CCN(c3nc(C(C)C)ns3)C2)nc1. The summed E-state index contributed by atoms with van der Waals surface area (Å²) in [5.41, 5.74) is 0. The van der Waals surface area contributed by atoms with Gasteiger partial charge in [0.05, 0.1) is 26.0 Å². The smallest absolute Gasteiger partial charge is 0.316 e. The van der Waals surface area contributed by atoms with E-state index in [9.17, 15) is 0 Å². The van der Waals surface area contributed by atoms with E-state index in [2.05, 4.69) is 38.1 Å². The molecule has 2 aromatic rings. The Morgan fingerprint density at radius 1 is 1.32 bits per heavy atom. The summed E-state index contributed by atoms with van der Waals surface area (Å²) in [6, 6.07) is 0.382. The van der Waals surface area contributed by atoms with Gasteiger partial charge in [0.2, 0.25) is 5.13 Å². The summed E-state index contributed by atoms with van der Waals surface area (Å²) in [6.45, 7) is 5.89. The van der Waals surface area contributed by atoms with Crippen LogP contribution in [-0.4, -0.2) is 45.6 Å². The molecule has 8 heteroatoms. The molecule has 0 saturated carbocycles. The Bertz CT molecular complexity index is 616. The van der Waals surface area contributed by atoms with Crippen LogP contribution in [0.5, 0.6) is 11.8 Å². The maximum atomic E-state index is 5.82. The minimum atomic E-state index is 0.0693. The van der Waals surface area contributed by atoms with Crippen LogP contribution < -0.4 is 14.4 Å². The van der Waals surface area contributed by atoms with Crippen LogP contribution in [0, 0.1) is 0 Å². The second kappa shape index (κ2) is 6.43. The van der Waals surface area contributed by atoms with Gasteiger partial charge in [-0.2, -0.15) is 14.3 Å². The topological polar surface area (TPSA) is 73.3 Å². The minimum absolute atomic E-state index is 0.0693. The molecule has 0 aliphatic carbocycles. The maximum Gasteiger partial charge on any atom is 0.316 e. The normalized spacial score (nSPS) is 18.0. The average molecular weight is 321 g/mol. The third kappa shape index (κ3) is 3.27. The Kier molecular flexibility index (Phi) is 4.37. The van der Waals surface area contributed by atoms with E-state index >= 15 is 0 Å². The maximum absolute atomic E-state index is 5.82. The van der Waals surface area contributed by atoms with Gasteiger partial charge in [0.25, 0.3) is 0 Å². The van der Waals surface area contributed by atoms with Crippen LogP contribution in [-0.2, 0) is 0 Å². The molecule has 0 bridgehead atoms. The van der Waals surface area contributed by atoms with Crippen molar-refractivity contribution in [3.8, 4) is 11.8 Å². The van der Waals surface area contributed by atoms with Crippen molar-refractivity contribution in [2.45, 2.75) is 32.3 Å². The predicted octanol–water partition coefficient (Wildman–Crippen LogP) is 2.12. The zero-order valence-corrected chi connectivity index (χ0v) is 13.7. The number of ether oxygens (including phenoxy) is 2. The summed E-state index contributed by atoms with van der Waals surface area (Å²) < 4.78 is 15.2. The Hall–Kier alpha value is -1.96. The van der Waals surface area contributed by atoms with E-state index in [4.69, 9.17) is 9.47 Å². The first kappa shape index (κ1) is 15.0.